The van der Waals surface area contributed by atoms with Crippen LogP contribution >= 0.6 is 11.3 Å². The zero-order valence-electron chi connectivity index (χ0n) is 17.1. The molecule has 4 heterocycles. The van der Waals surface area contributed by atoms with Gasteiger partial charge in [0.1, 0.15) is 20.9 Å². The second-order valence-corrected chi connectivity index (χ2v) is 8.99. The van der Waals surface area contributed by atoms with Gasteiger partial charge >= 0.3 is 0 Å². The zero-order chi connectivity index (χ0) is 20.7. The Kier molecular flexibility index (Phi) is 4.96. The minimum absolute atomic E-state index is 0.126. The summed E-state index contributed by atoms with van der Waals surface area (Å²) in [5, 5.41) is 4.04. The summed E-state index contributed by atoms with van der Waals surface area (Å²) in [6.45, 7) is 2.51. The average Bonchev–Trinajstić information content (AvgIpc) is 3.36. The summed E-state index contributed by atoms with van der Waals surface area (Å²) in [6, 6.07) is 8.22. The van der Waals surface area contributed by atoms with Crippen molar-refractivity contribution >= 4 is 38.6 Å². The number of hydrogen-bond acceptors (Lipinski definition) is 6. The van der Waals surface area contributed by atoms with Gasteiger partial charge in [-0.1, -0.05) is 29.5 Å². The third-order valence-electron chi connectivity index (χ3n) is 5.83. The Morgan fingerprint density at radius 3 is 2.90 bits per heavy atom. The van der Waals surface area contributed by atoms with Crippen molar-refractivity contribution in [3.63, 3.8) is 0 Å². The molecular formula is C22H24N6OS. The van der Waals surface area contributed by atoms with Crippen molar-refractivity contribution in [2.75, 3.05) is 20.1 Å². The van der Waals surface area contributed by atoms with Gasteiger partial charge in [-0.15, -0.1) is 0 Å². The number of fused-ring (bicyclic) bond motifs is 3. The number of imidazole rings is 1. The molecule has 4 aromatic rings. The van der Waals surface area contributed by atoms with Crippen LogP contribution in [0, 0.1) is 5.92 Å². The van der Waals surface area contributed by atoms with Crippen LogP contribution < -0.4 is 5.32 Å². The fourth-order valence-corrected chi connectivity index (χ4v) is 4.96. The normalized spacial score (nSPS) is 15.8. The number of nitrogens with one attached hydrogen (secondary N) is 1. The number of benzene rings is 1. The molecule has 1 saturated heterocycles. The predicted octanol–water partition coefficient (Wildman–Crippen LogP) is 3.20. The van der Waals surface area contributed by atoms with Crippen LogP contribution in [-0.2, 0) is 18.4 Å². The van der Waals surface area contributed by atoms with E-state index in [1.165, 1.54) is 0 Å². The number of rotatable bonds is 4. The Hall–Kier alpha value is -2.84. The molecular weight excluding hydrogens is 396 g/mol. The van der Waals surface area contributed by atoms with E-state index in [0.717, 1.165) is 63.4 Å². The highest BCUT2D eigenvalue weighted by Crippen LogP contribution is 2.32. The van der Waals surface area contributed by atoms with E-state index in [0.29, 0.717) is 6.54 Å². The highest BCUT2D eigenvalue weighted by Gasteiger charge is 2.23. The van der Waals surface area contributed by atoms with E-state index < -0.39 is 0 Å². The van der Waals surface area contributed by atoms with Crippen LogP contribution in [0.3, 0.4) is 0 Å². The number of aryl methyl sites for hydroxylation is 1. The van der Waals surface area contributed by atoms with Gasteiger partial charge in [0, 0.05) is 25.1 Å². The topological polar surface area (TPSA) is 75.9 Å². The van der Waals surface area contributed by atoms with Gasteiger partial charge in [0.25, 0.3) is 0 Å². The summed E-state index contributed by atoms with van der Waals surface area (Å²) in [5.74, 6) is 0.289. The Morgan fingerprint density at radius 1 is 1.23 bits per heavy atom. The maximum absolute atomic E-state index is 12.5. The van der Waals surface area contributed by atoms with E-state index in [1.807, 2.05) is 23.7 Å². The summed E-state index contributed by atoms with van der Waals surface area (Å²) in [5.41, 5.74) is 4.86. The van der Waals surface area contributed by atoms with Gasteiger partial charge in [-0.05, 0) is 44.6 Å². The van der Waals surface area contributed by atoms with Gasteiger partial charge in [-0.25, -0.2) is 15.0 Å². The van der Waals surface area contributed by atoms with Crippen molar-refractivity contribution in [2.24, 2.45) is 13.0 Å². The Balaban J connectivity index is 1.35. The molecule has 154 valence electrons. The number of thiazole rings is 1. The molecule has 0 radical (unpaired) electrons. The molecule has 3 aromatic heterocycles. The number of carbonyl (C=O) groups is 1. The zero-order valence-corrected chi connectivity index (χ0v) is 17.9. The van der Waals surface area contributed by atoms with Crippen LogP contribution in [0.4, 0.5) is 0 Å². The minimum Gasteiger partial charge on any atom is -0.352 e. The highest BCUT2D eigenvalue weighted by molar-refractivity contribution is 7.21. The molecule has 1 aliphatic rings. The fraction of sp³-hybridized carbons (Fsp3) is 0.364. The van der Waals surface area contributed by atoms with E-state index in [-0.39, 0.29) is 11.8 Å². The molecule has 1 fully saturated rings. The first-order chi connectivity index (χ1) is 14.6. The second kappa shape index (κ2) is 7.77. The molecule has 0 aliphatic carbocycles. The van der Waals surface area contributed by atoms with Gasteiger partial charge in [0.05, 0.1) is 18.0 Å². The van der Waals surface area contributed by atoms with Crippen LogP contribution in [0.2, 0.25) is 0 Å². The first kappa shape index (κ1) is 19.1. The lowest BCUT2D eigenvalue weighted by Crippen LogP contribution is -2.38. The average molecular weight is 421 g/mol. The number of carbonyl (C=O) groups excluding carboxylic acids is 1. The monoisotopic (exact) mass is 420 g/mol. The molecule has 30 heavy (non-hydrogen) atoms. The van der Waals surface area contributed by atoms with E-state index in [4.69, 9.17) is 4.98 Å². The lowest BCUT2D eigenvalue weighted by molar-refractivity contribution is -0.126. The van der Waals surface area contributed by atoms with E-state index in [2.05, 4.69) is 39.4 Å². The van der Waals surface area contributed by atoms with Crippen molar-refractivity contribution in [2.45, 2.75) is 19.4 Å². The largest absolute Gasteiger partial charge is 0.352 e. The first-order valence-corrected chi connectivity index (χ1v) is 11.0. The van der Waals surface area contributed by atoms with Gasteiger partial charge in [0.2, 0.25) is 5.91 Å². The number of amides is 1. The van der Waals surface area contributed by atoms with Crippen LogP contribution in [0.15, 0.2) is 36.8 Å². The number of aromatic nitrogens is 4. The molecule has 0 spiro atoms. The van der Waals surface area contributed by atoms with Gasteiger partial charge in [-0.2, -0.15) is 0 Å². The molecule has 1 amide bonds. The Labute approximate surface area is 178 Å². The summed E-state index contributed by atoms with van der Waals surface area (Å²) in [7, 11) is 4.08. The van der Waals surface area contributed by atoms with E-state index >= 15 is 0 Å². The van der Waals surface area contributed by atoms with Gasteiger partial charge < -0.3 is 14.8 Å². The Bertz CT molecular complexity index is 1220. The third kappa shape index (κ3) is 3.57. The van der Waals surface area contributed by atoms with Crippen LogP contribution in [0.25, 0.3) is 32.0 Å². The smallest absolute Gasteiger partial charge is 0.223 e. The summed E-state index contributed by atoms with van der Waals surface area (Å²) < 4.78 is 1.98. The molecule has 5 rings (SSSR count). The molecule has 0 saturated carbocycles. The van der Waals surface area contributed by atoms with Gasteiger partial charge in [-0.3, -0.25) is 4.79 Å². The molecule has 0 bridgehead atoms. The van der Waals surface area contributed by atoms with Crippen molar-refractivity contribution < 1.29 is 4.79 Å². The van der Waals surface area contributed by atoms with Crippen molar-refractivity contribution in [3.05, 3.63) is 42.4 Å². The quantitative estimate of drug-likeness (QED) is 0.549. The highest BCUT2D eigenvalue weighted by atomic mass is 32.1. The summed E-state index contributed by atoms with van der Waals surface area (Å²) in [6.07, 6.45) is 5.46. The van der Waals surface area contributed by atoms with Crippen molar-refractivity contribution in [1.29, 1.82) is 0 Å². The van der Waals surface area contributed by atoms with Crippen molar-refractivity contribution in [3.8, 4) is 10.6 Å². The van der Waals surface area contributed by atoms with Crippen molar-refractivity contribution in [1.82, 2.24) is 29.7 Å². The lowest BCUT2D eigenvalue weighted by Gasteiger charge is -2.28. The molecule has 0 atom stereocenters. The number of likely N-dealkylation sites (tertiary alicyclic amines) is 1. The number of hydrogen-bond donors (Lipinski definition) is 1. The minimum atomic E-state index is 0.126. The van der Waals surface area contributed by atoms with E-state index in [1.54, 1.807) is 23.9 Å². The first-order valence-electron chi connectivity index (χ1n) is 10.2. The molecule has 1 aliphatic heterocycles. The Morgan fingerprint density at radius 2 is 2.07 bits per heavy atom. The fourth-order valence-electron chi connectivity index (χ4n) is 4.05. The molecule has 1 N–H and O–H groups in total. The lowest BCUT2D eigenvalue weighted by atomic mass is 9.96. The maximum Gasteiger partial charge on any atom is 0.223 e. The van der Waals surface area contributed by atoms with Crippen LogP contribution in [0.5, 0.6) is 0 Å². The molecule has 8 heteroatoms. The number of nitrogens with zero attached hydrogens (tertiary/aromatic N) is 5. The molecule has 0 unspecified atom stereocenters. The summed E-state index contributed by atoms with van der Waals surface area (Å²) in [4.78, 5) is 29.5. The van der Waals surface area contributed by atoms with E-state index in [9.17, 15) is 4.79 Å². The number of pyridine rings is 1. The second-order valence-electron chi connectivity index (χ2n) is 8.02. The molecule has 7 nitrogen and oxygen atoms in total. The molecule has 1 aromatic carbocycles. The van der Waals surface area contributed by atoms with Crippen LogP contribution in [0.1, 0.15) is 18.4 Å². The third-order valence-corrected chi connectivity index (χ3v) is 6.85. The number of piperidine rings is 1. The van der Waals surface area contributed by atoms with Gasteiger partial charge in [0.15, 0.2) is 0 Å². The maximum atomic E-state index is 12.5. The van der Waals surface area contributed by atoms with Crippen LogP contribution in [-0.4, -0.2) is 50.5 Å². The SMILES string of the molecule is CN1CCC(C(=O)NCc2cccc(-c3nc4c(ncc5ncn(C)c54)s3)c2)CC1. The standard InChI is InChI=1S/C22H24N6OS/c1-27-8-6-15(7-9-27)20(29)23-11-14-4-3-5-16(10-14)21-26-18-19-17(25-13-28(19)2)12-24-22(18)30-21/h3-5,10,12-13,15H,6-9,11H2,1-2H3,(H,23,29). The summed E-state index contributed by atoms with van der Waals surface area (Å²) >= 11 is 1.58. The predicted molar refractivity (Wildman–Crippen MR) is 119 cm³/mol.